The lowest BCUT2D eigenvalue weighted by Crippen LogP contribution is -2.21. The second-order valence-corrected chi connectivity index (χ2v) is 5.91. The van der Waals surface area contributed by atoms with E-state index in [0.29, 0.717) is 16.4 Å². The average molecular weight is 376 g/mol. The number of aromatic nitrogens is 1. The summed E-state index contributed by atoms with van der Waals surface area (Å²) in [6, 6.07) is 3.82. The smallest absolute Gasteiger partial charge is 0.349 e. The van der Waals surface area contributed by atoms with Gasteiger partial charge in [-0.05, 0) is 12.1 Å². The molecule has 2 aromatic rings. The molecule has 0 aliphatic rings. The third kappa shape index (κ3) is 4.62. The number of nitro groups is 1. The van der Waals surface area contributed by atoms with E-state index in [-0.39, 0.29) is 20.7 Å². The molecular weight excluding hydrogens is 369 g/mol. The number of nitrogens with one attached hydrogen (secondary N) is 1. The van der Waals surface area contributed by atoms with Crippen LogP contribution in [-0.4, -0.2) is 28.4 Å². The van der Waals surface area contributed by atoms with Crippen LogP contribution < -0.4 is 5.32 Å². The summed E-state index contributed by atoms with van der Waals surface area (Å²) in [5.74, 6) is -1.43. The van der Waals surface area contributed by atoms with Gasteiger partial charge in [0.05, 0.1) is 15.0 Å². The van der Waals surface area contributed by atoms with E-state index in [4.69, 9.17) is 27.9 Å². The van der Waals surface area contributed by atoms with Gasteiger partial charge in [0.2, 0.25) is 0 Å². The lowest BCUT2D eigenvalue weighted by atomic mass is 10.4. The van der Waals surface area contributed by atoms with Gasteiger partial charge in [0.25, 0.3) is 5.91 Å². The highest BCUT2D eigenvalue weighted by Crippen LogP contribution is 2.25. The number of halogens is 2. The maximum atomic E-state index is 11.7. The highest BCUT2D eigenvalue weighted by molar-refractivity contribution is 7.17. The van der Waals surface area contributed by atoms with Gasteiger partial charge in [-0.1, -0.05) is 34.5 Å². The molecule has 0 atom stereocenters. The Morgan fingerprint density at radius 3 is 2.74 bits per heavy atom. The maximum Gasteiger partial charge on any atom is 0.349 e. The van der Waals surface area contributed by atoms with Gasteiger partial charge in [-0.3, -0.25) is 14.9 Å². The van der Waals surface area contributed by atoms with Crippen LogP contribution in [0.1, 0.15) is 9.67 Å². The summed E-state index contributed by atoms with van der Waals surface area (Å²) in [5, 5.41) is 13.1. The standard InChI is InChI=1S/C12H7Cl2N3O5S/c13-6-3-7(14)11(15-4-6)16-9(18)5-22-12(19)8-1-2-10(23-8)17(20)21/h1-4H,5H2,(H,15,16,18). The number of rotatable bonds is 5. The molecule has 0 aliphatic carbocycles. The topological polar surface area (TPSA) is 111 Å². The number of hydrogen-bond donors (Lipinski definition) is 1. The molecule has 0 saturated carbocycles. The normalized spacial score (nSPS) is 10.2. The molecular formula is C12H7Cl2N3O5S. The van der Waals surface area contributed by atoms with Gasteiger partial charge in [0.1, 0.15) is 4.88 Å². The van der Waals surface area contributed by atoms with Gasteiger partial charge in [-0.2, -0.15) is 0 Å². The van der Waals surface area contributed by atoms with Crippen LogP contribution >= 0.6 is 34.5 Å². The van der Waals surface area contributed by atoms with E-state index in [1.807, 2.05) is 0 Å². The zero-order chi connectivity index (χ0) is 17.0. The largest absolute Gasteiger partial charge is 0.451 e. The van der Waals surface area contributed by atoms with Crippen molar-refractivity contribution in [3.05, 3.63) is 49.4 Å². The van der Waals surface area contributed by atoms with E-state index < -0.39 is 23.4 Å². The van der Waals surface area contributed by atoms with Crippen molar-refractivity contribution in [2.45, 2.75) is 0 Å². The lowest BCUT2D eigenvalue weighted by Gasteiger charge is -2.06. The van der Waals surface area contributed by atoms with Crippen molar-refractivity contribution in [1.29, 1.82) is 0 Å². The molecule has 120 valence electrons. The Bertz CT molecular complexity index is 780. The highest BCUT2D eigenvalue weighted by atomic mass is 35.5. The lowest BCUT2D eigenvalue weighted by molar-refractivity contribution is -0.380. The Morgan fingerprint density at radius 1 is 1.39 bits per heavy atom. The van der Waals surface area contributed by atoms with Crippen molar-refractivity contribution < 1.29 is 19.2 Å². The van der Waals surface area contributed by atoms with E-state index in [0.717, 1.165) is 0 Å². The Labute approximate surface area is 143 Å². The average Bonchev–Trinajstić information content (AvgIpc) is 2.98. The Morgan fingerprint density at radius 2 is 2.13 bits per heavy atom. The quantitative estimate of drug-likeness (QED) is 0.487. The summed E-state index contributed by atoms with van der Waals surface area (Å²) in [7, 11) is 0. The fraction of sp³-hybridized carbons (Fsp3) is 0.0833. The molecule has 8 nitrogen and oxygen atoms in total. The van der Waals surface area contributed by atoms with Crippen molar-refractivity contribution in [3.63, 3.8) is 0 Å². The highest BCUT2D eigenvalue weighted by Gasteiger charge is 2.17. The van der Waals surface area contributed by atoms with Crippen LogP contribution in [0.3, 0.4) is 0 Å². The van der Waals surface area contributed by atoms with Crippen LogP contribution in [0.25, 0.3) is 0 Å². The van der Waals surface area contributed by atoms with Crippen molar-refractivity contribution in [1.82, 2.24) is 4.98 Å². The number of nitrogens with zero attached hydrogens (tertiary/aromatic N) is 2. The summed E-state index contributed by atoms with van der Waals surface area (Å²) in [6.45, 7) is -0.592. The molecule has 0 bridgehead atoms. The SMILES string of the molecule is O=C(COC(=O)c1ccc([N+](=O)[O-])s1)Nc1ncc(Cl)cc1Cl. The Kier molecular flexibility index (Phi) is 5.48. The van der Waals surface area contributed by atoms with Crippen molar-refractivity contribution >= 4 is 57.2 Å². The molecule has 1 amide bonds. The van der Waals surface area contributed by atoms with Crippen LogP contribution in [-0.2, 0) is 9.53 Å². The van der Waals surface area contributed by atoms with Crippen LogP contribution in [0.2, 0.25) is 10.0 Å². The molecule has 0 unspecified atom stereocenters. The van der Waals surface area contributed by atoms with Gasteiger partial charge < -0.3 is 10.1 Å². The van der Waals surface area contributed by atoms with Crippen LogP contribution in [0.15, 0.2) is 24.4 Å². The number of pyridine rings is 1. The number of carbonyl (C=O) groups excluding carboxylic acids is 2. The summed E-state index contributed by atoms with van der Waals surface area (Å²) in [5.41, 5.74) is 0. The zero-order valence-electron chi connectivity index (χ0n) is 11.1. The molecule has 1 N–H and O–H groups in total. The van der Waals surface area contributed by atoms with E-state index in [9.17, 15) is 19.7 Å². The van der Waals surface area contributed by atoms with E-state index in [1.54, 1.807) is 0 Å². The third-order valence-corrected chi connectivity index (χ3v) is 3.88. The van der Waals surface area contributed by atoms with Crippen LogP contribution in [0.4, 0.5) is 10.8 Å². The van der Waals surface area contributed by atoms with Crippen LogP contribution in [0, 0.1) is 10.1 Å². The Hall–Kier alpha value is -2.23. The number of esters is 1. The summed E-state index contributed by atoms with van der Waals surface area (Å²) in [4.78, 5) is 37.1. The fourth-order valence-electron chi connectivity index (χ4n) is 1.41. The minimum absolute atomic E-state index is 0.0205. The van der Waals surface area contributed by atoms with Gasteiger partial charge >= 0.3 is 11.0 Å². The molecule has 0 spiro atoms. The second kappa shape index (κ2) is 7.36. The van der Waals surface area contributed by atoms with E-state index in [2.05, 4.69) is 10.3 Å². The summed E-state index contributed by atoms with van der Waals surface area (Å²) >= 11 is 12.2. The maximum absolute atomic E-state index is 11.7. The summed E-state index contributed by atoms with van der Waals surface area (Å²) in [6.07, 6.45) is 1.29. The first-order valence-corrected chi connectivity index (χ1v) is 7.46. The monoisotopic (exact) mass is 375 g/mol. The van der Waals surface area contributed by atoms with Gasteiger partial charge in [-0.15, -0.1) is 0 Å². The van der Waals surface area contributed by atoms with Crippen molar-refractivity contribution in [3.8, 4) is 0 Å². The third-order valence-electron chi connectivity index (χ3n) is 2.37. The molecule has 11 heteroatoms. The first-order valence-electron chi connectivity index (χ1n) is 5.89. The van der Waals surface area contributed by atoms with Crippen LogP contribution in [0.5, 0.6) is 0 Å². The number of carbonyl (C=O) groups is 2. The number of thiophene rings is 1. The zero-order valence-corrected chi connectivity index (χ0v) is 13.4. The molecule has 2 rings (SSSR count). The molecule has 0 aliphatic heterocycles. The second-order valence-electron chi connectivity index (χ2n) is 4.00. The molecule has 0 radical (unpaired) electrons. The number of ether oxygens (including phenoxy) is 1. The molecule has 0 aromatic carbocycles. The molecule has 0 saturated heterocycles. The Balaban J connectivity index is 1.90. The van der Waals surface area contributed by atoms with E-state index in [1.165, 1.54) is 24.4 Å². The minimum atomic E-state index is -0.839. The van der Waals surface area contributed by atoms with Gasteiger partial charge in [-0.25, -0.2) is 9.78 Å². The molecule has 2 heterocycles. The predicted molar refractivity (Wildman–Crippen MR) is 84.1 cm³/mol. The number of amides is 1. The van der Waals surface area contributed by atoms with Gasteiger partial charge in [0, 0.05) is 12.3 Å². The first-order chi connectivity index (χ1) is 10.9. The molecule has 2 aromatic heterocycles. The van der Waals surface area contributed by atoms with Gasteiger partial charge in [0.15, 0.2) is 12.4 Å². The first kappa shape index (κ1) is 17.1. The van der Waals surface area contributed by atoms with E-state index >= 15 is 0 Å². The molecule has 23 heavy (non-hydrogen) atoms. The molecule has 0 fully saturated rings. The number of anilines is 1. The van der Waals surface area contributed by atoms with Crippen molar-refractivity contribution in [2.24, 2.45) is 0 Å². The predicted octanol–water partition coefficient (Wildman–Crippen LogP) is 3.15. The van der Waals surface area contributed by atoms with Crippen molar-refractivity contribution in [2.75, 3.05) is 11.9 Å². The minimum Gasteiger partial charge on any atom is -0.451 e. The number of hydrogen-bond acceptors (Lipinski definition) is 7. The fourth-order valence-corrected chi connectivity index (χ4v) is 2.55. The summed E-state index contributed by atoms with van der Waals surface area (Å²) < 4.78 is 4.76.